The molecule has 1 saturated heterocycles. The second kappa shape index (κ2) is 7.91. The molecule has 10 heteroatoms. The minimum atomic E-state index is -3.55. The Morgan fingerprint density at radius 1 is 1.06 bits per heavy atom. The van der Waals surface area contributed by atoms with Gasteiger partial charge in [-0.1, -0.05) is 0 Å². The van der Waals surface area contributed by atoms with Crippen LogP contribution in [0, 0.1) is 29.1 Å². The van der Waals surface area contributed by atoms with Crippen LogP contribution in [0.25, 0.3) is 0 Å². The molecule has 0 aromatic carbocycles. The third-order valence-corrected chi connectivity index (χ3v) is 8.16. The standard InChI is InChI=1S/C23H28F2O8/c1-22(24,25)20(28)33-18-13-4-11-5-14(18)9-23(7-11,8-13)21(29)30-10-17(26)31-15-3-2-12-6-16(15)32-19(12)27/h11-16,18H,2-10H2,1H3. The lowest BCUT2D eigenvalue weighted by molar-refractivity contribution is -0.208. The van der Waals surface area contributed by atoms with Gasteiger partial charge in [-0.3, -0.25) is 9.59 Å². The van der Waals surface area contributed by atoms with E-state index in [2.05, 4.69) is 0 Å². The van der Waals surface area contributed by atoms with Crippen LogP contribution < -0.4 is 0 Å². The summed E-state index contributed by atoms with van der Waals surface area (Å²) in [5, 5.41) is 0. The highest BCUT2D eigenvalue weighted by Gasteiger charge is 2.61. The smallest absolute Gasteiger partial charge is 0.376 e. The summed E-state index contributed by atoms with van der Waals surface area (Å²) in [6.45, 7) is -0.00660. The first-order valence-corrected chi connectivity index (χ1v) is 11.7. The average Bonchev–Trinajstić information content (AvgIpc) is 3.04. The Morgan fingerprint density at radius 3 is 2.42 bits per heavy atom. The highest BCUT2D eigenvalue weighted by Crippen LogP contribution is 2.61. The SMILES string of the molecule is CC(F)(F)C(=O)OC1C2CC3CC1CC(C(=O)OCC(=O)OC1CCC4CC1OC4=O)(C3)C2. The van der Waals surface area contributed by atoms with Crippen LogP contribution >= 0.6 is 0 Å². The lowest BCUT2D eigenvalue weighted by atomic mass is 9.48. The molecular weight excluding hydrogens is 442 g/mol. The van der Waals surface area contributed by atoms with Gasteiger partial charge in [0.25, 0.3) is 0 Å². The molecule has 8 nitrogen and oxygen atoms in total. The number of esters is 4. The van der Waals surface area contributed by atoms with Crippen molar-refractivity contribution in [1.29, 1.82) is 0 Å². The molecule has 0 aromatic heterocycles. The van der Waals surface area contributed by atoms with Crippen molar-refractivity contribution in [2.24, 2.45) is 29.1 Å². The first kappa shape index (κ1) is 22.5. The largest absolute Gasteiger partial charge is 0.458 e. The number of alkyl halides is 2. The average molecular weight is 470 g/mol. The van der Waals surface area contributed by atoms with Crippen LogP contribution in [0.5, 0.6) is 0 Å². The fourth-order valence-electron chi connectivity index (χ4n) is 6.95. The van der Waals surface area contributed by atoms with Crippen LogP contribution in [-0.4, -0.2) is 54.7 Å². The molecular formula is C23H28F2O8. The van der Waals surface area contributed by atoms with Gasteiger partial charge in [-0.05, 0) is 62.7 Å². The van der Waals surface area contributed by atoms with Gasteiger partial charge in [0.05, 0.1) is 11.3 Å². The van der Waals surface area contributed by atoms with E-state index in [1.54, 1.807) is 0 Å². The van der Waals surface area contributed by atoms with Crippen molar-refractivity contribution < 1.29 is 46.9 Å². The fraction of sp³-hybridized carbons (Fsp3) is 0.826. The van der Waals surface area contributed by atoms with Crippen molar-refractivity contribution in [3.63, 3.8) is 0 Å². The Balaban J connectivity index is 1.16. The van der Waals surface area contributed by atoms with Gasteiger partial charge in [-0.25, -0.2) is 9.59 Å². The summed E-state index contributed by atoms with van der Waals surface area (Å²) in [4.78, 5) is 48.7. The van der Waals surface area contributed by atoms with E-state index in [9.17, 15) is 28.0 Å². The number of carbonyl (C=O) groups is 4. The van der Waals surface area contributed by atoms with E-state index >= 15 is 0 Å². The van der Waals surface area contributed by atoms with Gasteiger partial charge in [0.2, 0.25) is 0 Å². The number of fused-ring (bicyclic) bond motifs is 2. The molecule has 6 aliphatic rings. The lowest BCUT2D eigenvalue weighted by Gasteiger charge is -2.57. The molecule has 5 unspecified atom stereocenters. The van der Waals surface area contributed by atoms with Gasteiger partial charge in [0.1, 0.15) is 18.3 Å². The van der Waals surface area contributed by atoms with Crippen molar-refractivity contribution in [2.45, 2.75) is 82.5 Å². The van der Waals surface area contributed by atoms with Gasteiger partial charge in [0, 0.05) is 13.3 Å². The van der Waals surface area contributed by atoms with Gasteiger partial charge >= 0.3 is 29.8 Å². The van der Waals surface area contributed by atoms with Gasteiger partial charge in [0.15, 0.2) is 6.61 Å². The zero-order valence-electron chi connectivity index (χ0n) is 18.4. The number of hydrogen-bond acceptors (Lipinski definition) is 8. The topological polar surface area (TPSA) is 105 Å². The van der Waals surface area contributed by atoms with E-state index in [-0.39, 0.29) is 29.6 Å². The summed E-state index contributed by atoms with van der Waals surface area (Å²) in [6.07, 6.45) is 2.97. The summed E-state index contributed by atoms with van der Waals surface area (Å²) in [7, 11) is 0. The Labute approximate surface area is 189 Å². The number of hydrogen-bond donors (Lipinski definition) is 0. The van der Waals surface area contributed by atoms with Gasteiger partial charge in [-0.2, -0.15) is 8.78 Å². The molecule has 5 saturated carbocycles. The molecule has 1 heterocycles. The molecule has 0 aromatic rings. The summed E-state index contributed by atoms with van der Waals surface area (Å²) in [5.41, 5.74) is -0.784. The lowest BCUT2D eigenvalue weighted by Crippen LogP contribution is -2.58. The van der Waals surface area contributed by atoms with Crippen LogP contribution in [0.3, 0.4) is 0 Å². The molecule has 0 amide bonds. The molecule has 182 valence electrons. The zero-order valence-corrected chi connectivity index (χ0v) is 18.4. The van der Waals surface area contributed by atoms with E-state index in [4.69, 9.17) is 18.9 Å². The van der Waals surface area contributed by atoms with Gasteiger partial charge < -0.3 is 18.9 Å². The molecule has 6 rings (SSSR count). The van der Waals surface area contributed by atoms with Crippen LogP contribution in [0.2, 0.25) is 0 Å². The third kappa shape index (κ3) is 4.10. The van der Waals surface area contributed by atoms with E-state index in [0.717, 1.165) is 12.8 Å². The molecule has 0 N–H and O–H groups in total. The highest BCUT2D eigenvalue weighted by molar-refractivity contribution is 5.81. The normalized spacial score (nSPS) is 40.8. The first-order valence-electron chi connectivity index (χ1n) is 11.7. The summed E-state index contributed by atoms with van der Waals surface area (Å²) in [5.74, 6) is -6.72. The van der Waals surface area contributed by atoms with E-state index in [1.165, 1.54) is 0 Å². The Morgan fingerprint density at radius 2 is 1.76 bits per heavy atom. The molecule has 5 atom stereocenters. The maximum atomic E-state index is 13.3. The Hall–Kier alpha value is -2.26. The predicted molar refractivity (Wildman–Crippen MR) is 105 cm³/mol. The van der Waals surface area contributed by atoms with Crippen LogP contribution in [-0.2, 0) is 38.1 Å². The van der Waals surface area contributed by atoms with E-state index in [0.29, 0.717) is 45.4 Å². The number of carbonyl (C=O) groups excluding carboxylic acids is 4. The monoisotopic (exact) mass is 470 g/mol. The van der Waals surface area contributed by atoms with Crippen LogP contribution in [0.4, 0.5) is 8.78 Å². The van der Waals surface area contributed by atoms with Crippen molar-refractivity contribution in [3.05, 3.63) is 0 Å². The summed E-state index contributed by atoms with van der Waals surface area (Å²) < 4.78 is 47.8. The van der Waals surface area contributed by atoms with Crippen molar-refractivity contribution in [1.82, 2.24) is 0 Å². The third-order valence-electron chi connectivity index (χ3n) is 8.16. The van der Waals surface area contributed by atoms with Crippen molar-refractivity contribution >= 4 is 23.9 Å². The summed E-state index contributed by atoms with van der Waals surface area (Å²) >= 11 is 0. The molecule has 0 spiro atoms. The minimum Gasteiger partial charge on any atom is -0.458 e. The van der Waals surface area contributed by atoms with Gasteiger partial charge in [-0.15, -0.1) is 0 Å². The predicted octanol–water partition coefficient (Wildman–Crippen LogP) is 2.56. The van der Waals surface area contributed by atoms with Crippen molar-refractivity contribution in [2.75, 3.05) is 6.61 Å². The van der Waals surface area contributed by atoms with Crippen LogP contribution in [0.1, 0.15) is 58.3 Å². The molecule has 0 radical (unpaired) electrons. The molecule has 1 aliphatic heterocycles. The quantitative estimate of drug-likeness (QED) is 0.431. The fourth-order valence-corrected chi connectivity index (χ4v) is 6.95. The maximum absolute atomic E-state index is 13.3. The summed E-state index contributed by atoms with van der Waals surface area (Å²) in [6, 6.07) is 0. The Bertz CT molecular complexity index is 851. The number of ether oxygens (including phenoxy) is 4. The van der Waals surface area contributed by atoms with Crippen LogP contribution in [0.15, 0.2) is 0 Å². The molecule has 33 heavy (non-hydrogen) atoms. The maximum Gasteiger partial charge on any atom is 0.376 e. The zero-order chi connectivity index (χ0) is 23.5. The highest BCUT2D eigenvalue weighted by atomic mass is 19.3. The molecule has 6 fully saturated rings. The molecule has 5 aliphatic carbocycles. The first-order chi connectivity index (χ1) is 15.5. The minimum absolute atomic E-state index is 0.120. The Kier molecular flexibility index (Phi) is 5.40. The van der Waals surface area contributed by atoms with Crippen molar-refractivity contribution in [3.8, 4) is 0 Å². The number of halogens is 2. The van der Waals surface area contributed by atoms with E-state index < -0.39 is 54.2 Å². The number of rotatable bonds is 6. The molecule has 6 bridgehead atoms. The second-order valence-corrected chi connectivity index (χ2v) is 10.6. The second-order valence-electron chi connectivity index (χ2n) is 10.6. The van der Waals surface area contributed by atoms with E-state index in [1.807, 2.05) is 0 Å².